The van der Waals surface area contributed by atoms with Crippen LogP contribution in [0.15, 0.2) is 156 Å². The minimum atomic E-state index is -0.503. The molecule has 4 nitrogen and oxygen atoms in total. The zero-order chi connectivity index (χ0) is 33.2. The number of aromatic nitrogens is 3. The molecule has 4 heteroatoms. The largest absolute Gasteiger partial charge is 0.456 e. The minimum Gasteiger partial charge on any atom is -0.456 e. The van der Waals surface area contributed by atoms with E-state index in [0.29, 0.717) is 11.6 Å². The SMILES string of the molecule is CC1(c2nc(-c3ccccc3)nc(-c3ccc4ccc5ccccc5c4c3)n2)CC=Cc2c(-c3cccc4oc5ccccc5c34)cccc21. The van der Waals surface area contributed by atoms with E-state index in [9.17, 15) is 0 Å². The van der Waals surface area contributed by atoms with Gasteiger partial charge in [-0.15, -0.1) is 0 Å². The summed E-state index contributed by atoms with van der Waals surface area (Å²) in [4.78, 5) is 15.7. The van der Waals surface area contributed by atoms with Crippen molar-refractivity contribution in [3.8, 4) is 33.9 Å². The van der Waals surface area contributed by atoms with Gasteiger partial charge in [0.05, 0.1) is 5.41 Å². The lowest BCUT2D eigenvalue weighted by Crippen LogP contribution is -2.29. The molecule has 7 aromatic carbocycles. The first-order chi connectivity index (χ1) is 24.6. The average Bonchev–Trinajstić information content (AvgIpc) is 3.57. The second-order valence-electron chi connectivity index (χ2n) is 13.4. The maximum absolute atomic E-state index is 6.28. The Morgan fingerprint density at radius 3 is 2.10 bits per heavy atom. The summed E-state index contributed by atoms with van der Waals surface area (Å²) in [6.07, 6.45) is 5.30. The summed E-state index contributed by atoms with van der Waals surface area (Å²) in [7, 11) is 0. The van der Waals surface area contributed by atoms with E-state index in [4.69, 9.17) is 19.4 Å². The highest BCUT2D eigenvalue weighted by atomic mass is 16.3. The molecule has 9 aromatic rings. The normalized spacial score (nSPS) is 15.6. The zero-order valence-corrected chi connectivity index (χ0v) is 27.5. The highest BCUT2D eigenvalue weighted by molar-refractivity contribution is 6.13. The summed E-state index contributed by atoms with van der Waals surface area (Å²) in [6.45, 7) is 2.27. The summed E-state index contributed by atoms with van der Waals surface area (Å²) in [6, 6.07) is 50.9. The van der Waals surface area contributed by atoms with Crippen molar-refractivity contribution in [2.75, 3.05) is 0 Å². The first-order valence-electron chi connectivity index (χ1n) is 17.1. The van der Waals surface area contributed by atoms with Crippen LogP contribution in [0, 0.1) is 0 Å². The first kappa shape index (κ1) is 28.6. The average molecular weight is 642 g/mol. The summed E-state index contributed by atoms with van der Waals surface area (Å²) in [5, 5.41) is 7.07. The second kappa shape index (κ2) is 11.1. The lowest BCUT2D eigenvalue weighted by molar-refractivity contribution is 0.533. The summed E-state index contributed by atoms with van der Waals surface area (Å²) in [5.74, 6) is 2.10. The Kier molecular flexibility index (Phi) is 6.34. The molecule has 236 valence electrons. The molecule has 0 saturated heterocycles. The molecule has 0 saturated carbocycles. The standard InChI is InChI=1S/C46H31N3O/c1-46(27-11-19-35-34(17-9-20-39(35)46)36-18-10-22-41-42(36)37-16-7-8-21-40(37)50-41)45-48-43(31-13-3-2-4-14-31)47-44(49-45)32-26-25-30-24-23-29-12-5-6-15-33(29)38(30)28-32/h2-26,28H,27H2,1H3. The van der Waals surface area contributed by atoms with E-state index in [2.05, 4.69) is 134 Å². The Labute approximate surface area is 289 Å². The van der Waals surface area contributed by atoms with E-state index in [-0.39, 0.29) is 0 Å². The molecule has 2 heterocycles. The predicted octanol–water partition coefficient (Wildman–Crippen LogP) is 11.8. The van der Waals surface area contributed by atoms with E-state index in [1.807, 2.05) is 30.3 Å². The quantitative estimate of drug-likeness (QED) is 0.179. The summed E-state index contributed by atoms with van der Waals surface area (Å²) in [5.41, 5.74) is 7.92. The molecule has 1 aliphatic rings. The number of allylic oxidation sites excluding steroid dienone is 1. The van der Waals surface area contributed by atoms with Crippen LogP contribution < -0.4 is 0 Å². The van der Waals surface area contributed by atoms with Gasteiger partial charge in [-0.1, -0.05) is 140 Å². The molecule has 1 aliphatic carbocycles. The van der Waals surface area contributed by atoms with Crippen LogP contribution in [0.25, 0.3) is 83.5 Å². The smallest absolute Gasteiger partial charge is 0.163 e. The van der Waals surface area contributed by atoms with Crippen molar-refractivity contribution >= 4 is 49.6 Å². The van der Waals surface area contributed by atoms with Crippen LogP contribution in [-0.4, -0.2) is 15.0 Å². The van der Waals surface area contributed by atoms with Crippen LogP contribution in [0.2, 0.25) is 0 Å². The Hall–Kier alpha value is -6.39. The van der Waals surface area contributed by atoms with E-state index in [1.165, 1.54) is 38.2 Å². The topological polar surface area (TPSA) is 51.8 Å². The Morgan fingerprint density at radius 1 is 0.540 bits per heavy atom. The minimum absolute atomic E-state index is 0.503. The molecule has 0 N–H and O–H groups in total. The van der Waals surface area contributed by atoms with Gasteiger partial charge in [-0.2, -0.15) is 0 Å². The molecule has 2 aromatic heterocycles. The van der Waals surface area contributed by atoms with E-state index in [1.54, 1.807) is 0 Å². The van der Waals surface area contributed by atoms with Crippen LogP contribution in [0.5, 0.6) is 0 Å². The third-order valence-electron chi connectivity index (χ3n) is 10.4. The lowest BCUT2D eigenvalue weighted by atomic mass is 9.71. The number of para-hydroxylation sites is 1. The van der Waals surface area contributed by atoms with Gasteiger partial charge in [0.25, 0.3) is 0 Å². The van der Waals surface area contributed by atoms with Crippen molar-refractivity contribution < 1.29 is 4.42 Å². The van der Waals surface area contributed by atoms with Gasteiger partial charge in [0, 0.05) is 21.9 Å². The summed E-state index contributed by atoms with van der Waals surface area (Å²) < 4.78 is 6.28. The van der Waals surface area contributed by atoms with Crippen molar-refractivity contribution in [2.45, 2.75) is 18.8 Å². The van der Waals surface area contributed by atoms with Crippen molar-refractivity contribution in [2.24, 2.45) is 0 Å². The highest BCUT2D eigenvalue weighted by Gasteiger charge is 2.37. The van der Waals surface area contributed by atoms with Crippen LogP contribution in [-0.2, 0) is 5.41 Å². The van der Waals surface area contributed by atoms with Crippen LogP contribution in [0.3, 0.4) is 0 Å². The van der Waals surface area contributed by atoms with Gasteiger partial charge in [0.1, 0.15) is 17.0 Å². The van der Waals surface area contributed by atoms with Crippen LogP contribution in [0.4, 0.5) is 0 Å². The van der Waals surface area contributed by atoms with Gasteiger partial charge < -0.3 is 4.42 Å². The van der Waals surface area contributed by atoms with Gasteiger partial charge >= 0.3 is 0 Å². The number of nitrogens with zero attached hydrogens (tertiary/aromatic N) is 3. The molecule has 0 amide bonds. The second-order valence-corrected chi connectivity index (χ2v) is 13.4. The lowest BCUT2D eigenvalue weighted by Gasteiger charge is -2.33. The molecule has 0 bridgehead atoms. The van der Waals surface area contributed by atoms with Crippen LogP contribution >= 0.6 is 0 Å². The molecule has 1 unspecified atom stereocenters. The van der Waals surface area contributed by atoms with E-state index in [0.717, 1.165) is 50.9 Å². The van der Waals surface area contributed by atoms with Crippen molar-refractivity contribution in [3.05, 3.63) is 169 Å². The fourth-order valence-corrected chi connectivity index (χ4v) is 7.80. The van der Waals surface area contributed by atoms with Crippen molar-refractivity contribution in [3.63, 3.8) is 0 Å². The fourth-order valence-electron chi connectivity index (χ4n) is 7.80. The molecule has 0 spiro atoms. The van der Waals surface area contributed by atoms with Gasteiger partial charge in [-0.25, -0.2) is 15.0 Å². The Bertz CT molecular complexity index is 2810. The molecular formula is C46H31N3O. The molecule has 1 atom stereocenters. The molecule has 10 rings (SSSR count). The molecule has 50 heavy (non-hydrogen) atoms. The third kappa shape index (κ3) is 4.42. The Balaban J connectivity index is 1.18. The number of furan rings is 1. The van der Waals surface area contributed by atoms with E-state index < -0.39 is 5.41 Å². The van der Waals surface area contributed by atoms with Gasteiger partial charge in [0.2, 0.25) is 0 Å². The van der Waals surface area contributed by atoms with E-state index >= 15 is 0 Å². The first-order valence-corrected chi connectivity index (χ1v) is 17.1. The maximum Gasteiger partial charge on any atom is 0.163 e. The van der Waals surface area contributed by atoms with Gasteiger partial charge in [0.15, 0.2) is 11.6 Å². The van der Waals surface area contributed by atoms with Crippen LogP contribution in [0.1, 0.15) is 30.3 Å². The number of benzene rings is 7. The maximum atomic E-state index is 6.28. The predicted molar refractivity (Wildman–Crippen MR) is 205 cm³/mol. The third-order valence-corrected chi connectivity index (χ3v) is 10.4. The van der Waals surface area contributed by atoms with Crippen molar-refractivity contribution in [1.82, 2.24) is 15.0 Å². The fraction of sp³-hybridized carbons (Fsp3) is 0.0652. The summed E-state index contributed by atoms with van der Waals surface area (Å²) >= 11 is 0. The van der Waals surface area contributed by atoms with Gasteiger partial charge in [-0.3, -0.25) is 0 Å². The van der Waals surface area contributed by atoms with Crippen molar-refractivity contribution in [1.29, 1.82) is 0 Å². The molecule has 0 aliphatic heterocycles. The number of hydrogen-bond acceptors (Lipinski definition) is 4. The Morgan fingerprint density at radius 2 is 1.22 bits per heavy atom. The molecule has 0 radical (unpaired) electrons. The highest BCUT2D eigenvalue weighted by Crippen LogP contribution is 2.46. The number of fused-ring (bicyclic) bond motifs is 7. The zero-order valence-electron chi connectivity index (χ0n) is 27.5. The van der Waals surface area contributed by atoms with Gasteiger partial charge in [-0.05, 0) is 75.3 Å². The number of hydrogen-bond donors (Lipinski definition) is 0. The monoisotopic (exact) mass is 641 g/mol. The number of rotatable bonds is 4. The molecule has 0 fully saturated rings. The molecular weight excluding hydrogens is 611 g/mol.